The Bertz CT molecular complexity index is 1320. The third-order valence-electron chi connectivity index (χ3n) is 5.87. The molecule has 2 aromatic carbocycles. The summed E-state index contributed by atoms with van der Waals surface area (Å²) in [6.07, 6.45) is -0.0535. The van der Waals surface area contributed by atoms with Crippen LogP contribution in [-0.4, -0.2) is 46.0 Å². The van der Waals surface area contributed by atoms with Crippen molar-refractivity contribution in [1.29, 1.82) is 10.5 Å². The van der Waals surface area contributed by atoms with Gasteiger partial charge in [0.1, 0.15) is 0 Å². The van der Waals surface area contributed by atoms with E-state index in [9.17, 15) is 29.5 Å². The van der Waals surface area contributed by atoms with Crippen LogP contribution in [0.4, 0.5) is 0 Å². The van der Waals surface area contributed by atoms with Gasteiger partial charge in [-0.3, -0.25) is 19.2 Å². The van der Waals surface area contributed by atoms with E-state index in [4.69, 9.17) is 10.4 Å². The Labute approximate surface area is 240 Å². The predicted molar refractivity (Wildman–Crippen MR) is 150 cm³/mol. The minimum absolute atomic E-state index is 0.0258. The van der Waals surface area contributed by atoms with Crippen molar-refractivity contribution in [1.82, 2.24) is 10.6 Å². The molecule has 12 heteroatoms. The quantitative estimate of drug-likeness (QED) is 0.211. The molecule has 2 atom stereocenters. The molecule has 0 bridgehead atoms. The van der Waals surface area contributed by atoms with Crippen molar-refractivity contribution in [2.45, 2.75) is 67.8 Å². The average Bonchev–Trinajstić information content (AvgIpc) is 2.90. The van der Waals surface area contributed by atoms with Crippen LogP contribution in [-0.2, 0) is 9.59 Å². The minimum Gasteiger partial charge on any atom is -0.481 e. The molecule has 210 valence electrons. The number of nitrogens with one attached hydrogen (secondary N) is 2. The predicted octanol–water partition coefficient (Wildman–Crippen LogP) is 4.88. The van der Waals surface area contributed by atoms with Crippen LogP contribution in [0.25, 0.3) is 0 Å². The highest BCUT2D eigenvalue weighted by Gasteiger charge is 2.31. The van der Waals surface area contributed by atoms with Gasteiger partial charge in [0, 0.05) is 28.3 Å². The van der Waals surface area contributed by atoms with Gasteiger partial charge in [-0.15, -0.1) is 0 Å². The van der Waals surface area contributed by atoms with Crippen molar-refractivity contribution in [2.75, 3.05) is 0 Å². The second-order valence-electron chi connectivity index (χ2n) is 9.55. The van der Waals surface area contributed by atoms with E-state index in [-0.39, 0.29) is 32.1 Å². The first-order valence-electron chi connectivity index (χ1n) is 12.3. The highest BCUT2D eigenvalue weighted by atomic mass is 33.1. The third-order valence-corrected chi connectivity index (χ3v) is 8.35. The third kappa shape index (κ3) is 9.95. The summed E-state index contributed by atoms with van der Waals surface area (Å²) in [4.78, 5) is 49.8. The number of hydrogen-bond acceptors (Lipinski definition) is 8. The van der Waals surface area contributed by atoms with Crippen LogP contribution in [0.2, 0.25) is 0 Å². The van der Waals surface area contributed by atoms with Gasteiger partial charge in [0.15, 0.2) is 0 Å². The number of carboxylic acids is 2. The second-order valence-corrected chi connectivity index (χ2v) is 11.8. The van der Waals surface area contributed by atoms with Gasteiger partial charge in [0.25, 0.3) is 11.8 Å². The summed E-state index contributed by atoms with van der Waals surface area (Å²) in [6, 6.07) is 16.3. The summed E-state index contributed by atoms with van der Waals surface area (Å²) in [5.74, 6) is -2.94. The van der Waals surface area contributed by atoms with Crippen molar-refractivity contribution < 1.29 is 29.4 Å². The summed E-state index contributed by atoms with van der Waals surface area (Å²) < 4.78 is 0. The van der Waals surface area contributed by atoms with Gasteiger partial charge < -0.3 is 20.8 Å². The van der Waals surface area contributed by atoms with Crippen LogP contribution >= 0.6 is 21.6 Å². The maximum absolute atomic E-state index is 13.2. The lowest BCUT2D eigenvalue weighted by atomic mass is 9.85. The van der Waals surface area contributed by atoms with Crippen molar-refractivity contribution in [3.63, 3.8) is 0 Å². The highest BCUT2D eigenvalue weighted by molar-refractivity contribution is 8.76. The molecule has 0 unspecified atom stereocenters. The zero-order valence-corrected chi connectivity index (χ0v) is 23.7. The fourth-order valence-electron chi connectivity index (χ4n) is 3.69. The maximum atomic E-state index is 13.2. The molecule has 0 fully saturated rings. The molecule has 0 heterocycles. The SMILES string of the molecule is CC(C)(C[C@H](CC#N)NC(=O)c1ccccc1SSc1ccccc1C(=O)N[C@@H](CC#N)CCC(=O)O)C(=O)O. The number of aliphatic carboxylic acids is 2. The number of carbonyl (C=O) groups is 4. The normalized spacial score (nSPS) is 12.3. The van der Waals surface area contributed by atoms with E-state index in [0.717, 1.165) is 0 Å². The Morgan fingerprint density at radius 3 is 1.73 bits per heavy atom. The number of hydrogen-bond donors (Lipinski definition) is 4. The summed E-state index contributed by atoms with van der Waals surface area (Å²) >= 11 is 0. The Balaban J connectivity index is 2.18. The van der Waals surface area contributed by atoms with Crippen molar-refractivity contribution >= 4 is 45.3 Å². The van der Waals surface area contributed by atoms with Gasteiger partial charge in [-0.2, -0.15) is 10.5 Å². The number of carboxylic acid groups (broad SMARTS) is 2. The molecule has 0 aliphatic rings. The largest absolute Gasteiger partial charge is 0.481 e. The average molecular weight is 583 g/mol. The van der Waals surface area contributed by atoms with Crippen LogP contribution in [0.3, 0.4) is 0 Å². The number of rotatable bonds is 15. The minimum atomic E-state index is -1.14. The monoisotopic (exact) mass is 582 g/mol. The lowest BCUT2D eigenvalue weighted by Gasteiger charge is -2.25. The molecule has 0 saturated carbocycles. The molecule has 0 aromatic heterocycles. The zero-order chi connectivity index (χ0) is 29.7. The smallest absolute Gasteiger partial charge is 0.309 e. The fraction of sp³-hybridized carbons (Fsp3) is 0.357. The van der Waals surface area contributed by atoms with Gasteiger partial charge in [-0.25, -0.2) is 0 Å². The van der Waals surface area contributed by atoms with Gasteiger partial charge in [0.2, 0.25) is 0 Å². The highest BCUT2D eigenvalue weighted by Crippen LogP contribution is 2.40. The van der Waals surface area contributed by atoms with E-state index in [2.05, 4.69) is 10.6 Å². The Hall–Kier alpha value is -4.00. The van der Waals surface area contributed by atoms with Crippen LogP contribution in [0.1, 0.15) is 66.7 Å². The molecule has 0 saturated heterocycles. The van der Waals surface area contributed by atoms with E-state index in [1.54, 1.807) is 48.5 Å². The summed E-state index contributed by atoms with van der Waals surface area (Å²) in [7, 11) is 2.50. The molecule has 40 heavy (non-hydrogen) atoms. The molecule has 10 nitrogen and oxygen atoms in total. The molecule has 0 aliphatic carbocycles. The molecular formula is C28H30N4O6S2. The first kappa shape index (κ1) is 32.2. The maximum Gasteiger partial charge on any atom is 0.309 e. The number of carbonyl (C=O) groups excluding carboxylic acids is 2. The number of benzene rings is 2. The van der Waals surface area contributed by atoms with E-state index < -0.39 is 41.3 Å². The van der Waals surface area contributed by atoms with Crippen LogP contribution in [0.5, 0.6) is 0 Å². The molecule has 4 N–H and O–H groups in total. The first-order valence-corrected chi connectivity index (χ1v) is 14.5. The summed E-state index contributed by atoms with van der Waals surface area (Å²) in [6.45, 7) is 3.07. The second kappa shape index (κ2) is 15.6. The van der Waals surface area contributed by atoms with E-state index in [1.807, 2.05) is 12.1 Å². The lowest BCUT2D eigenvalue weighted by molar-refractivity contribution is -0.147. The molecule has 0 aliphatic heterocycles. The Kier molecular flexibility index (Phi) is 12.5. The summed E-state index contributed by atoms with van der Waals surface area (Å²) in [5, 5.41) is 42.2. The van der Waals surface area contributed by atoms with Gasteiger partial charge in [0.05, 0.1) is 41.5 Å². The molecule has 2 rings (SSSR count). The molecule has 0 radical (unpaired) electrons. The Morgan fingerprint density at radius 2 is 1.27 bits per heavy atom. The standard InChI is InChI=1S/C28H30N4O6S2/c1-28(2,27(37)38)17-19(14-16-30)32-26(36)21-8-4-6-10-23(21)40-39-22-9-5-3-7-20(22)25(35)31-18(13-15-29)11-12-24(33)34/h3-10,18-19H,11-14,17H2,1-2H3,(H,31,35)(H,32,36)(H,33,34)(H,37,38)/t18-,19+/m1/s1. The molecule has 2 amide bonds. The Morgan fingerprint density at radius 1 is 0.825 bits per heavy atom. The van der Waals surface area contributed by atoms with Crippen LogP contribution in [0, 0.1) is 28.1 Å². The van der Waals surface area contributed by atoms with Crippen LogP contribution in [0.15, 0.2) is 58.3 Å². The topological polar surface area (TPSA) is 180 Å². The van der Waals surface area contributed by atoms with Crippen LogP contribution < -0.4 is 10.6 Å². The van der Waals surface area contributed by atoms with Crippen molar-refractivity contribution in [3.05, 3.63) is 59.7 Å². The fourth-order valence-corrected chi connectivity index (χ4v) is 6.05. The molecular weight excluding hydrogens is 552 g/mol. The van der Waals surface area contributed by atoms with E-state index >= 15 is 0 Å². The van der Waals surface area contributed by atoms with Gasteiger partial charge in [-0.05, 0) is 51.0 Å². The number of amides is 2. The number of nitriles is 2. The zero-order valence-electron chi connectivity index (χ0n) is 22.0. The van der Waals surface area contributed by atoms with Crippen molar-refractivity contribution in [2.24, 2.45) is 5.41 Å². The molecule has 0 spiro atoms. The van der Waals surface area contributed by atoms with E-state index in [1.165, 1.54) is 35.4 Å². The number of nitrogens with zero attached hydrogens (tertiary/aromatic N) is 2. The van der Waals surface area contributed by atoms with Gasteiger partial charge >= 0.3 is 11.9 Å². The lowest BCUT2D eigenvalue weighted by Crippen LogP contribution is -2.40. The van der Waals surface area contributed by atoms with Crippen molar-refractivity contribution in [3.8, 4) is 12.1 Å². The van der Waals surface area contributed by atoms with Gasteiger partial charge in [-0.1, -0.05) is 45.9 Å². The first-order chi connectivity index (χ1) is 19.0. The van der Waals surface area contributed by atoms with E-state index in [0.29, 0.717) is 20.9 Å². The molecule has 2 aromatic rings. The summed E-state index contributed by atoms with van der Waals surface area (Å²) in [5.41, 5.74) is -0.464.